The summed E-state index contributed by atoms with van der Waals surface area (Å²) in [6, 6.07) is 3.47. The van der Waals surface area contributed by atoms with Crippen LogP contribution in [0, 0.1) is 0 Å². The topological polar surface area (TPSA) is 51.3 Å². The van der Waals surface area contributed by atoms with E-state index in [-0.39, 0.29) is 5.97 Å². The van der Waals surface area contributed by atoms with E-state index in [0.717, 1.165) is 22.9 Å². The van der Waals surface area contributed by atoms with Gasteiger partial charge < -0.3 is 14.5 Å². The Morgan fingerprint density at radius 1 is 1.44 bits per heavy atom. The lowest BCUT2D eigenvalue weighted by atomic mass is 10.1. The number of carbonyl (C=O) groups is 1. The molecule has 0 unspecified atom stereocenters. The first-order chi connectivity index (χ1) is 8.71. The number of nitrogens with one attached hydrogen (secondary N) is 1. The summed E-state index contributed by atoms with van der Waals surface area (Å²) in [5, 5.41) is 0.953. The molecule has 0 saturated carbocycles. The molecule has 0 atom stereocenters. The van der Waals surface area contributed by atoms with Crippen molar-refractivity contribution in [1.29, 1.82) is 0 Å². The number of hydrogen-bond donors (Lipinski definition) is 1. The van der Waals surface area contributed by atoms with Gasteiger partial charge in [0.2, 0.25) is 0 Å². The minimum Gasteiger partial charge on any atom is -0.495 e. The second kappa shape index (κ2) is 4.96. The van der Waals surface area contributed by atoms with Crippen LogP contribution < -0.4 is 4.74 Å². The van der Waals surface area contributed by atoms with Crippen LogP contribution >= 0.6 is 0 Å². The first kappa shape index (κ1) is 12.2. The van der Waals surface area contributed by atoms with Gasteiger partial charge in [-0.05, 0) is 24.1 Å². The van der Waals surface area contributed by atoms with Crippen LogP contribution in [0.15, 0.2) is 31.0 Å². The number of ether oxygens (including phenoxy) is 2. The highest BCUT2D eigenvalue weighted by Gasteiger charge is 2.14. The minimum atomic E-state index is -0.374. The van der Waals surface area contributed by atoms with Crippen molar-refractivity contribution >= 4 is 16.9 Å². The van der Waals surface area contributed by atoms with Crippen molar-refractivity contribution < 1.29 is 14.3 Å². The van der Waals surface area contributed by atoms with E-state index >= 15 is 0 Å². The fraction of sp³-hybridized carbons (Fsp3) is 0.214. The van der Waals surface area contributed by atoms with Crippen LogP contribution in [0.4, 0.5) is 0 Å². The molecule has 18 heavy (non-hydrogen) atoms. The molecule has 94 valence electrons. The van der Waals surface area contributed by atoms with Gasteiger partial charge >= 0.3 is 5.97 Å². The van der Waals surface area contributed by atoms with Crippen LogP contribution in [0.25, 0.3) is 10.9 Å². The Labute approximate surface area is 105 Å². The van der Waals surface area contributed by atoms with E-state index in [1.807, 2.05) is 12.3 Å². The zero-order valence-electron chi connectivity index (χ0n) is 10.4. The number of esters is 1. The standard InChI is InChI=1S/C14H15NO3/c1-4-5-9-8-15-13-11(9)6-10(14(16)18-3)7-12(13)17-2/h4,6-8,15H,1,5H2,2-3H3. The zero-order chi connectivity index (χ0) is 13.1. The number of aromatic nitrogens is 1. The number of H-pyrrole nitrogens is 1. The molecule has 0 aliphatic rings. The quantitative estimate of drug-likeness (QED) is 0.665. The lowest BCUT2D eigenvalue weighted by Crippen LogP contribution is -2.01. The third kappa shape index (κ3) is 1.97. The lowest BCUT2D eigenvalue weighted by molar-refractivity contribution is 0.0600. The van der Waals surface area contributed by atoms with Gasteiger partial charge in [0.25, 0.3) is 0 Å². The van der Waals surface area contributed by atoms with Crippen molar-refractivity contribution in [2.24, 2.45) is 0 Å². The smallest absolute Gasteiger partial charge is 0.338 e. The van der Waals surface area contributed by atoms with Gasteiger partial charge in [-0.2, -0.15) is 0 Å². The number of hydrogen-bond acceptors (Lipinski definition) is 3. The molecule has 1 N–H and O–H groups in total. The number of rotatable bonds is 4. The summed E-state index contributed by atoms with van der Waals surface area (Å²) in [7, 11) is 2.94. The van der Waals surface area contributed by atoms with Crippen molar-refractivity contribution in [1.82, 2.24) is 4.98 Å². The highest BCUT2D eigenvalue weighted by molar-refractivity contribution is 5.98. The molecule has 0 spiro atoms. The van der Waals surface area contributed by atoms with Gasteiger partial charge in [-0.25, -0.2) is 4.79 Å². The van der Waals surface area contributed by atoms with Gasteiger partial charge in [0.05, 0.1) is 25.3 Å². The van der Waals surface area contributed by atoms with Crippen LogP contribution in [-0.4, -0.2) is 25.2 Å². The van der Waals surface area contributed by atoms with E-state index in [9.17, 15) is 4.79 Å². The number of allylic oxidation sites excluding steroid dienone is 1. The van der Waals surface area contributed by atoms with E-state index < -0.39 is 0 Å². The molecule has 1 aromatic heterocycles. The maximum atomic E-state index is 11.6. The maximum absolute atomic E-state index is 11.6. The second-order valence-corrected chi connectivity index (χ2v) is 3.90. The number of aromatic amines is 1. The summed E-state index contributed by atoms with van der Waals surface area (Å²) < 4.78 is 10.0. The Morgan fingerprint density at radius 3 is 2.83 bits per heavy atom. The SMILES string of the molecule is C=CCc1c[nH]c2c(OC)cc(C(=O)OC)cc12. The minimum absolute atomic E-state index is 0.374. The zero-order valence-corrected chi connectivity index (χ0v) is 10.4. The highest BCUT2D eigenvalue weighted by atomic mass is 16.5. The lowest BCUT2D eigenvalue weighted by Gasteiger charge is -2.06. The third-order valence-corrected chi connectivity index (χ3v) is 2.84. The van der Waals surface area contributed by atoms with Gasteiger partial charge in [0.15, 0.2) is 0 Å². The monoisotopic (exact) mass is 245 g/mol. The van der Waals surface area contributed by atoms with Crippen LogP contribution in [-0.2, 0) is 11.2 Å². The fourth-order valence-corrected chi connectivity index (χ4v) is 1.98. The Balaban J connectivity index is 2.66. The van der Waals surface area contributed by atoms with Crippen molar-refractivity contribution in [2.45, 2.75) is 6.42 Å². The largest absolute Gasteiger partial charge is 0.495 e. The van der Waals surface area contributed by atoms with E-state index in [1.54, 1.807) is 19.2 Å². The van der Waals surface area contributed by atoms with E-state index in [0.29, 0.717) is 11.3 Å². The van der Waals surface area contributed by atoms with Crippen LogP contribution in [0.2, 0.25) is 0 Å². The molecule has 2 aromatic rings. The molecule has 0 fully saturated rings. The van der Waals surface area contributed by atoms with Gasteiger partial charge in [-0.15, -0.1) is 6.58 Å². The number of methoxy groups -OCH3 is 2. The Kier molecular flexibility index (Phi) is 3.37. The molecule has 1 aromatic carbocycles. The van der Waals surface area contributed by atoms with Gasteiger partial charge in [0.1, 0.15) is 5.75 Å². The molecule has 0 aliphatic heterocycles. The number of carbonyl (C=O) groups excluding carboxylic acids is 1. The van der Waals surface area contributed by atoms with E-state index in [1.165, 1.54) is 7.11 Å². The van der Waals surface area contributed by atoms with Crippen molar-refractivity contribution in [3.05, 3.63) is 42.1 Å². The van der Waals surface area contributed by atoms with Crippen LogP contribution in [0.1, 0.15) is 15.9 Å². The second-order valence-electron chi connectivity index (χ2n) is 3.90. The Morgan fingerprint density at radius 2 is 2.22 bits per heavy atom. The summed E-state index contributed by atoms with van der Waals surface area (Å²) in [5.74, 6) is 0.254. The predicted molar refractivity (Wildman–Crippen MR) is 70.1 cm³/mol. The molecule has 0 bridgehead atoms. The van der Waals surface area contributed by atoms with Crippen molar-refractivity contribution in [3.8, 4) is 5.75 Å². The van der Waals surface area contributed by atoms with Gasteiger partial charge in [-0.1, -0.05) is 6.08 Å². The summed E-state index contributed by atoms with van der Waals surface area (Å²) in [4.78, 5) is 14.8. The Bertz CT molecular complexity index is 598. The van der Waals surface area contributed by atoms with Crippen molar-refractivity contribution in [2.75, 3.05) is 14.2 Å². The molecule has 1 heterocycles. The summed E-state index contributed by atoms with van der Waals surface area (Å²) in [6.07, 6.45) is 4.45. The van der Waals surface area contributed by atoms with Gasteiger partial charge in [0, 0.05) is 11.6 Å². The van der Waals surface area contributed by atoms with Crippen LogP contribution in [0.3, 0.4) is 0 Å². The van der Waals surface area contributed by atoms with E-state index in [2.05, 4.69) is 11.6 Å². The molecule has 4 nitrogen and oxygen atoms in total. The molecular weight excluding hydrogens is 230 g/mol. The summed E-state index contributed by atoms with van der Waals surface area (Å²) in [6.45, 7) is 3.72. The third-order valence-electron chi connectivity index (χ3n) is 2.84. The first-order valence-corrected chi connectivity index (χ1v) is 5.58. The number of benzene rings is 1. The molecule has 0 radical (unpaired) electrons. The predicted octanol–water partition coefficient (Wildman–Crippen LogP) is 2.69. The summed E-state index contributed by atoms with van der Waals surface area (Å²) >= 11 is 0. The highest BCUT2D eigenvalue weighted by Crippen LogP contribution is 2.29. The normalized spacial score (nSPS) is 10.3. The molecule has 0 saturated heterocycles. The Hall–Kier alpha value is -2.23. The molecule has 0 aliphatic carbocycles. The summed E-state index contributed by atoms with van der Waals surface area (Å²) in [5.41, 5.74) is 2.43. The molecule has 0 amide bonds. The van der Waals surface area contributed by atoms with E-state index in [4.69, 9.17) is 9.47 Å². The molecule has 4 heteroatoms. The maximum Gasteiger partial charge on any atom is 0.338 e. The molecule has 2 rings (SSSR count). The average molecular weight is 245 g/mol. The average Bonchev–Trinajstić information content (AvgIpc) is 2.80. The van der Waals surface area contributed by atoms with Crippen LogP contribution in [0.5, 0.6) is 5.75 Å². The fourth-order valence-electron chi connectivity index (χ4n) is 1.98. The van der Waals surface area contributed by atoms with Gasteiger partial charge in [-0.3, -0.25) is 0 Å². The molecular formula is C14H15NO3. The first-order valence-electron chi connectivity index (χ1n) is 5.58. The van der Waals surface area contributed by atoms with Crippen molar-refractivity contribution in [3.63, 3.8) is 0 Å². The number of fused-ring (bicyclic) bond motifs is 1.